The molecule has 0 amide bonds. The number of rotatable bonds is 10. The van der Waals surface area contributed by atoms with Gasteiger partial charge in [0.25, 0.3) is 0 Å². The Bertz CT molecular complexity index is 559. The maximum Gasteiger partial charge on any atom is 1.00 e. The molecule has 0 saturated heterocycles. The van der Waals surface area contributed by atoms with Gasteiger partial charge in [0, 0.05) is 0 Å². The second-order valence-corrected chi connectivity index (χ2v) is 10.3. The van der Waals surface area contributed by atoms with E-state index >= 15 is 0 Å². The van der Waals surface area contributed by atoms with E-state index in [0.29, 0.717) is 6.42 Å². The molecule has 6 nitrogen and oxygen atoms in total. The zero-order chi connectivity index (χ0) is 19.0. The van der Waals surface area contributed by atoms with Crippen molar-refractivity contribution in [2.24, 2.45) is 0 Å². The Morgan fingerprint density at radius 3 is 1.76 bits per heavy atom. The largest absolute Gasteiger partial charge is 1.00 e. The van der Waals surface area contributed by atoms with Gasteiger partial charge in [0.05, 0.1) is 0 Å². The van der Waals surface area contributed by atoms with Crippen LogP contribution < -0.4 is 34.5 Å². The number of hydrogen-bond acceptors (Lipinski definition) is 3. The topological polar surface area (TPSA) is 118 Å². The van der Waals surface area contributed by atoms with Crippen LogP contribution in [0.15, 0.2) is 34.9 Å². The summed E-state index contributed by atoms with van der Waals surface area (Å²) in [5.41, 5.74) is 3.39. The minimum absolute atomic E-state index is 0. The molecule has 0 spiro atoms. The van der Waals surface area contributed by atoms with Gasteiger partial charge >= 0.3 is 37.2 Å². The first kappa shape index (κ1) is 27.7. The van der Waals surface area contributed by atoms with Crippen LogP contribution in [0.25, 0.3) is 0 Å². The molecule has 9 heteroatoms. The molecule has 0 aromatic heterocycles. The van der Waals surface area contributed by atoms with Crippen LogP contribution in [0.1, 0.15) is 59.8 Å². The van der Waals surface area contributed by atoms with Gasteiger partial charge in [-0.1, -0.05) is 34.9 Å². The van der Waals surface area contributed by atoms with Crippen molar-refractivity contribution in [1.29, 1.82) is 0 Å². The zero-order valence-electron chi connectivity index (χ0n) is 15.8. The third-order valence-electron chi connectivity index (χ3n) is 3.56. The third-order valence-corrected chi connectivity index (χ3v) is 7.29. The number of allylic oxidation sites excluding steroid dienone is 6. The molecule has 0 bridgehead atoms. The standard InChI is InChI=1S/C16H30O6P2.Na/c1-13(2)7-5-8-14(3)9-6-10-15(4)11-12-16(23(17,18)19)24(20,21)22;/h7,9,11,16H,5-6,8,10,12H2,1-4H3,(H2,17,18,19)(H2,20,21,22);/q;+1/p-1. The fraction of sp³-hybridized carbons (Fsp3) is 0.625. The van der Waals surface area contributed by atoms with Crippen molar-refractivity contribution < 1.29 is 58.3 Å². The van der Waals surface area contributed by atoms with E-state index in [0.717, 1.165) is 24.8 Å². The minimum Gasteiger partial charge on any atom is -0.778 e. The first-order valence-electron chi connectivity index (χ1n) is 7.87. The second kappa shape index (κ2) is 12.8. The van der Waals surface area contributed by atoms with Crippen LogP contribution in [0.3, 0.4) is 0 Å². The molecule has 0 fully saturated rings. The van der Waals surface area contributed by atoms with Gasteiger partial charge in [-0.3, -0.25) is 4.57 Å². The molecule has 0 aromatic rings. The molecule has 0 aromatic carbocycles. The summed E-state index contributed by atoms with van der Waals surface area (Å²) in [5, 5.41) is -2.07. The molecular weight excluding hydrogens is 373 g/mol. The fourth-order valence-corrected chi connectivity index (χ4v) is 4.38. The molecule has 0 saturated carbocycles. The molecule has 0 rings (SSSR count). The van der Waals surface area contributed by atoms with Gasteiger partial charge in [0.15, 0.2) is 0 Å². The molecule has 0 heterocycles. The van der Waals surface area contributed by atoms with Crippen LogP contribution in [0.4, 0.5) is 0 Å². The zero-order valence-corrected chi connectivity index (χ0v) is 19.6. The first-order chi connectivity index (χ1) is 10.8. The molecule has 140 valence electrons. The smallest absolute Gasteiger partial charge is 0.778 e. The first-order valence-corrected chi connectivity index (χ1v) is 11.2. The Morgan fingerprint density at radius 2 is 1.36 bits per heavy atom. The van der Waals surface area contributed by atoms with E-state index in [1.807, 2.05) is 0 Å². The van der Waals surface area contributed by atoms with E-state index < -0.39 is 27.0 Å². The SMILES string of the molecule is CC(C)=CCCC(C)=CCCC(C)=CCC(P(=O)([O-])O)P(=O)(O)O.[Na+]. The summed E-state index contributed by atoms with van der Waals surface area (Å²) in [6, 6.07) is 0. The summed E-state index contributed by atoms with van der Waals surface area (Å²) in [5.74, 6) is 0. The molecule has 0 aliphatic heterocycles. The van der Waals surface area contributed by atoms with Gasteiger partial charge < -0.3 is 24.1 Å². The van der Waals surface area contributed by atoms with E-state index in [9.17, 15) is 14.0 Å². The van der Waals surface area contributed by atoms with Crippen molar-refractivity contribution in [2.45, 2.75) is 65.2 Å². The quantitative estimate of drug-likeness (QED) is 0.283. The second-order valence-electron chi connectivity index (χ2n) is 6.33. The Hall–Kier alpha value is 0.520. The summed E-state index contributed by atoms with van der Waals surface area (Å²) in [6.45, 7) is 7.95. The van der Waals surface area contributed by atoms with Crippen molar-refractivity contribution in [2.75, 3.05) is 0 Å². The van der Waals surface area contributed by atoms with Crippen molar-refractivity contribution in [3.8, 4) is 0 Å². The molecule has 0 aliphatic carbocycles. The minimum atomic E-state index is -5.09. The molecule has 0 aliphatic rings. The molecule has 2 unspecified atom stereocenters. The van der Waals surface area contributed by atoms with Crippen molar-refractivity contribution in [3.63, 3.8) is 0 Å². The molecule has 3 N–H and O–H groups in total. The molecule has 2 atom stereocenters. The van der Waals surface area contributed by atoms with Crippen molar-refractivity contribution in [1.82, 2.24) is 0 Å². The van der Waals surface area contributed by atoms with E-state index in [-0.39, 0.29) is 29.6 Å². The average molecular weight is 402 g/mol. The van der Waals surface area contributed by atoms with Crippen LogP contribution in [-0.4, -0.2) is 20.1 Å². The maximum absolute atomic E-state index is 11.2. The maximum atomic E-state index is 11.2. The molecule has 25 heavy (non-hydrogen) atoms. The normalized spacial score (nSPS) is 16.6. The summed E-state index contributed by atoms with van der Waals surface area (Å²) in [7, 11) is -9.99. The van der Waals surface area contributed by atoms with E-state index in [4.69, 9.17) is 14.7 Å². The van der Waals surface area contributed by atoms with Gasteiger partial charge in [-0.2, -0.15) is 0 Å². The summed E-state index contributed by atoms with van der Waals surface area (Å²) >= 11 is 0. The van der Waals surface area contributed by atoms with E-state index in [1.165, 1.54) is 17.2 Å². The predicted molar refractivity (Wildman–Crippen MR) is 95.7 cm³/mol. The van der Waals surface area contributed by atoms with Gasteiger partial charge in [-0.15, -0.1) is 0 Å². The van der Waals surface area contributed by atoms with Crippen LogP contribution in [-0.2, 0) is 9.13 Å². The van der Waals surface area contributed by atoms with Crippen molar-refractivity contribution in [3.05, 3.63) is 34.9 Å². The van der Waals surface area contributed by atoms with Gasteiger partial charge in [-0.05, 0) is 59.8 Å². The summed E-state index contributed by atoms with van der Waals surface area (Å²) < 4.78 is 22.3. The monoisotopic (exact) mass is 402 g/mol. The third kappa shape index (κ3) is 14.3. The van der Waals surface area contributed by atoms with Crippen molar-refractivity contribution >= 4 is 15.2 Å². The fourth-order valence-electron chi connectivity index (χ4n) is 2.11. The van der Waals surface area contributed by atoms with Crippen LogP contribution in [0.2, 0.25) is 0 Å². The van der Waals surface area contributed by atoms with Gasteiger partial charge in [-0.25, -0.2) is 0 Å². The number of hydrogen-bond donors (Lipinski definition) is 3. The molecular formula is C16H29NaO6P2. The Balaban J connectivity index is 0. The summed E-state index contributed by atoms with van der Waals surface area (Å²) in [6.07, 6.45) is 8.80. The Morgan fingerprint density at radius 1 is 0.920 bits per heavy atom. The van der Waals surface area contributed by atoms with E-state index in [1.54, 1.807) is 6.92 Å². The van der Waals surface area contributed by atoms with Crippen LogP contribution in [0.5, 0.6) is 0 Å². The predicted octanol–water partition coefficient (Wildman–Crippen LogP) is 0.849. The Labute approximate surface area is 173 Å². The Kier molecular flexibility index (Phi) is 14.2. The van der Waals surface area contributed by atoms with Gasteiger partial charge in [0.1, 0.15) is 13.0 Å². The van der Waals surface area contributed by atoms with Crippen LogP contribution in [0, 0.1) is 0 Å². The van der Waals surface area contributed by atoms with Crippen LogP contribution >= 0.6 is 15.2 Å². The molecule has 0 radical (unpaired) electrons. The average Bonchev–Trinajstić information content (AvgIpc) is 2.34. The summed E-state index contributed by atoms with van der Waals surface area (Å²) in [4.78, 5) is 38.1. The van der Waals surface area contributed by atoms with E-state index in [2.05, 4.69) is 32.9 Å². The van der Waals surface area contributed by atoms with Gasteiger partial charge in [0.2, 0.25) is 0 Å².